The summed E-state index contributed by atoms with van der Waals surface area (Å²) in [6.07, 6.45) is -0.0473. The molecule has 0 aromatic heterocycles. The number of halogens is 2. The maximum Gasteiger partial charge on any atom is 0.294 e. The molecular formula is C11H10Cl2N2O5S. The van der Waals surface area contributed by atoms with Crippen LogP contribution >= 0.6 is 22.3 Å². The Balaban J connectivity index is 2.36. The van der Waals surface area contributed by atoms with Crippen LogP contribution in [-0.4, -0.2) is 31.5 Å². The van der Waals surface area contributed by atoms with Crippen molar-refractivity contribution in [2.75, 3.05) is 17.2 Å². The molecule has 0 saturated carbocycles. The van der Waals surface area contributed by atoms with Crippen molar-refractivity contribution in [3.63, 3.8) is 0 Å². The Morgan fingerprint density at radius 3 is 2.67 bits per heavy atom. The van der Waals surface area contributed by atoms with E-state index in [1.165, 1.54) is 18.2 Å². The van der Waals surface area contributed by atoms with Crippen LogP contribution in [0.4, 0.5) is 11.4 Å². The first-order valence-corrected chi connectivity index (χ1v) is 8.70. The highest BCUT2D eigenvalue weighted by Crippen LogP contribution is 2.38. The average molecular weight is 353 g/mol. The minimum Gasteiger partial charge on any atom is -0.305 e. The summed E-state index contributed by atoms with van der Waals surface area (Å²) in [5.74, 6) is -1.30. The van der Waals surface area contributed by atoms with Crippen LogP contribution in [0.25, 0.3) is 0 Å². The Kier molecular flexibility index (Phi) is 4.40. The molecule has 114 valence electrons. The molecule has 1 aliphatic heterocycles. The van der Waals surface area contributed by atoms with Crippen LogP contribution in [0.15, 0.2) is 18.2 Å². The van der Waals surface area contributed by atoms with Gasteiger partial charge in [0.1, 0.15) is 5.69 Å². The number of amides is 1. The molecule has 1 aromatic rings. The number of nitro groups is 1. The largest absolute Gasteiger partial charge is 0.305 e. The number of hydrogen-bond acceptors (Lipinski definition) is 5. The van der Waals surface area contributed by atoms with Crippen molar-refractivity contribution in [2.24, 2.45) is 5.92 Å². The first kappa shape index (κ1) is 16.0. The molecule has 2 rings (SSSR count). The number of hydrogen-bond donors (Lipinski definition) is 0. The monoisotopic (exact) mass is 352 g/mol. The van der Waals surface area contributed by atoms with Gasteiger partial charge in [0.25, 0.3) is 5.69 Å². The fourth-order valence-corrected chi connectivity index (χ4v) is 3.90. The second kappa shape index (κ2) is 5.78. The topological polar surface area (TPSA) is 97.6 Å². The van der Waals surface area contributed by atoms with E-state index in [1.54, 1.807) is 0 Å². The van der Waals surface area contributed by atoms with Gasteiger partial charge in [0, 0.05) is 35.6 Å². The molecule has 0 radical (unpaired) electrons. The second-order valence-corrected chi connectivity index (χ2v) is 7.87. The van der Waals surface area contributed by atoms with Crippen molar-refractivity contribution in [3.05, 3.63) is 33.3 Å². The number of carbonyl (C=O) groups is 1. The van der Waals surface area contributed by atoms with Crippen LogP contribution in [0.5, 0.6) is 0 Å². The van der Waals surface area contributed by atoms with Gasteiger partial charge in [-0.1, -0.05) is 17.7 Å². The molecule has 1 unspecified atom stereocenters. The van der Waals surface area contributed by atoms with E-state index in [2.05, 4.69) is 0 Å². The molecule has 0 aliphatic carbocycles. The summed E-state index contributed by atoms with van der Waals surface area (Å²) < 4.78 is 22.2. The Morgan fingerprint density at radius 2 is 2.10 bits per heavy atom. The maximum absolute atomic E-state index is 12.0. The lowest BCUT2D eigenvalue weighted by molar-refractivity contribution is -0.384. The van der Waals surface area contributed by atoms with E-state index in [0.717, 1.165) is 4.90 Å². The molecule has 1 heterocycles. The van der Waals surface area contributed by atoms with Crippen LogP contribution < -0.4 is 4.90 Å². The van der Waals surface area contributed by atoms with Crippen molar-refractivity contribution in [1.29, 1.82) is 0 Å². The summed E-state index contributed by atoms with van der Waals surface area (Å²) in [5, 5.41) is 11.1. The van der Waals surface area contributed by atoms with Gasteiger partial charge in [-0.15, -0.1) is 0 Å². The third-order valence-electron chi connectivity index (χ3n) is 3.07. The van der Waals surface area contributed by atoms with E-state index in [-0.39, 0.29) is 35.1 Å². The number of carbonyl (C=O) groups excluding carboxylic acids is 1. The molecule has 1 fully saturated rings. The van der Waals surface area contributed by atoms with Crippen LogP contribution in [-0.2, 0) is 13.8 Å². The van der Waals surface area contributed by atoms with Gasteiger partial charge < -0.3 is 4.90 Å². The Morgan fingerprint density at radius 1 is 1.43 bits per heavy atom. The fourth-order valence-electron chi connectivity index (χ4n) is 2.31. The lowest BCUT2D eigenvalue weighted by Crippen LogP contribution is -2.26. The summed E-state index contributed by atoms with van der Waals surface area (Å²) in [5.41, 5.74) is -0.311. The second-order valence-electron chi connectivity index (χ2n) is 4.64. The molecule has 1 aromatic carbocycles. The molecule has 7 nitrogen and oxygen atoms in total. The standard InChI is InChI=1S/C11H10Cl2N2O5S/c12-8-2-1-3-9(15(17)18)11(8)14-5-7(4-10(14)16)6-21(13,19)20/h1-3,7H,4-6H2. The maximum atomic E-state index is 12.0. The van der Waals surface area contributed by atoms with Gasteiger partial charge in [-0.25, -0.2) is 8.42 Å². The van der Waals surface area contributed by atoms with Gasteiger partial charge in [-0.3, -0.25) is 14.9 Å². The molecular weight excluding hydrogens is 343 g/mol. The number of nitro benzene ring substituents is 1. The highest BCUT2D eigenvalue weighted by Gasteiger charge is 2.37. The summed E-state index contributed by atoms with van der Waals surface area (Å²) >= 11 is 5.96. The van der Waals surface area contributed by atoms with E-state index in [1.807, 2.05) is 0 Å². The summed E-state index contributed by atoms with van der Waals surface area (Å²) in [6.45, 7) is 0.0232. The minimum absolute atomic E-state index is 0.0105. The van der Waals surface area contributed by atoms with E-state index in [4.69, 9.17) is 22.3 Å². The summed E-state index contributed by atoms with van der Waals surface area (Å²) in [6, 6.07) is 4.08. The highest BCUT2D eigenvalue weighted by atomic mass is 35.7. The van der Waals surface area contributed by atoms with Crippen molar-refractivity contribution in [2.45, 2.75) is 6.42 Å². The minimum atomic E-state index is -3.75. The van der Waals surface area contributed by atoms with Gasteiger partial charge in [-0.05, 0) is 6.07 Å². The molecule has 21 heavy (non-hydrogen) atoms. The van der Waals surface area contributed by atoms with Crippen LogP contribution in [0.3, 0.4) is 0 Å². The zero-order valence-corrected chi connectivity index (χ0v) is 12.9. The van der Waals surface area contributed by atoms with Gasteiger partial charge in [0.2, 0.25) is 15.0 Å². The van der Waals surface area contributed by atoms with E-state index >= 15 is 0 Å². The average Bonchev–Trinajstić information content (AvgIpc) is 2.66. The molecule has 0 bridgehead atoms. The van der Waals surface area contributed by atoms with Crippen molar-refractivity contribution in [1.82, 2.24) is 0 Å². The van der Waals surface area contributed by atoms with E-state index < -0.39 is 25.8 Å². The van der Waals surface area contributed by atoms with E-state index in [0.29, 0.717) is 0 Å². The summed E-state index contributed by atoms with van der Waals surface area (Å²) in [4.78, 5) is 23.6. The molecule has 10 heteroatoms. The number of benzene rings is 1. The molecule has 1 atom stereocenters. The lowest BCUT2D eigenvalue weighted by atomic mass is 10.1. The quantitative estimate of drug-likeness (QED) is 0.469. The van der Waals surface area contributed by atoms with Gasteiger partial charge >= 0.3 is 0 Å². The Bertz CT molecular complexity index is 707. The molecule has 1 amide bonds. The fraction of sp³-hybridized carbons (Fsp3) is 0.364. The van der Waals surface area contributed by atoms with Gasteiger partial charge in [0.05, 0.1) is 15.7 Å². The van der Waals surface area contributed by atoms with Crippen LogP contribution in [0.1, 0.15) is 6.42 Å². The van der Waals surface area contributed by atoms with Gasteiger partial charge in [0.15, 0.2) is 0 Å². The molecule has 1 aliphatic rings. The first-order valence-electron chi connectivity index (χ1n) is 5.84. The Labute approximate surface area is 130 Å². The smallest absolute Gasteiger partial charge is 0.294 e. The molecule has 1 saturated heterocycles. The SMILES string of the molecule is O=C1CC(CS(=O)(=O)Cl)CN1c1c(Cl)cccc1[N+](=O)[O-]. The number of rotatable bonds is 4. The zero-order valence-electron chi connectivity index (χ0n) is 10.5. The predicted molar refractivity (Wildman–Crippen MR) is 78.2 cm³/mol. The third-order valence-corrected chi connectivity index (χ3v) is 4.62. The van der Waals surface area contributed by atoms with Crippen molar-refractivity contribution in [3.8, 4) is 0 Å². The lowest BCUT2D eigenvalue weighted by Gasteiger charge is -2.17. The number of nitrogens with zero attached hydrogens (tertiary/aromatic N) is 2. The number of para-hydroxylation sites is 1. The van der Waals surface area contributed by atoms with Crippen LogP contribution in [0.2, 0.25) is 5.02 Å². The zero-order chi connectivity index (χ0) is 15.8. The van der Waals surface area contributed by atoms with Crippen molar-refractivity contribution < 1.29 is 18.1 Å². The molecule has 0 N–H and O–H groups in total. The highest BCUT2D eigenvalue weighted by molar-refractivity contribution is 8.13. The van der Waals surface area contributed by atoms with Crippen molar-refractivity contribution >= 4 is 48.6 Å². The summed E-state index contributed by atoms with van der Waals surface area (Å²) in [7, 11) is 1.43. The third kappa shape index (κ3) is 3.63. The first-order chi connectivity index (χ1) is 9.69. The van der Waals surface area contributed by atoms with Gasteiger partial charge in [-0.2, -0.15) is 0 Å². The molecule has 0 spiro atoms. The Hall–Kier alpha value is -1.38. The predicted octanol–water partition coefficient (Wildman–Crippen LogP) is 2.17. The van der Waals surface area contributed by atoms with Crippen LogP contribution in [0, 0.1) is 16.0 Å². The normalized spacial score (nSPS) is 19.0. The number of anilines is 1. The van der Waals surface area contributed by atoms with E-state index in [9.17, 15) is 23.3 Å².